The zero-order valence-corrected chi connectivity index (χ0v) is 13.8. The molecule has 120 valence electrons. The van der Waals surface area contributed by atoms with Crippen LogP contribution in [0.25, 0.3) is 0 Å². The van der Waals surface area contributed by atoms with Crippen molar-refractivity contribution in [3.05, 3.63) is 48.0 Å². The predicted molar refractivity (Wildman–Crippen MR) is 87.7 cm³/mol. The van der Waals surface area contributed by atoms with E-state index in [4.69, 9.17) is 4.74 Å². The third-order valence-electron chi connectivity index (χ3n) is 2.99. The molecule has 0 fully saturated rings. The van der Waals surface area contributed by atoms with E-state index < -0.39 is 17.7 Å². The van der Waals surface area contributed by atoms with Gasteiger partial charge in [0.2, 0.25) is 0 Å². The Labute approximate surface area is 132 Å². The molecule has 0 aliphatic carbocycles. The molecule has 4 heteroatoms. The molecular formula is C18H25NO3. The smallest absolute Gasteiger partial charge is 0.408 e. The van der Waals surface area contributed by atoms with Gasteiger partial charge in [-0.3, -0.25) is 4.79 Å². The summed E-state index contributed by atoms with van der Waals surface area (Å²) in [5, 5.41) is 2.65. The summed E-state index contributed by atoms with van der Waals surface area (Å²) in [5.74, 6) is -0.165. The molecule has 0 bridgehead atoms. The number of rotatable bonds is 6. The monoisotopic (exact) mass is 303 g/mol. The van der Waals surface area contributed by atoms with Gasteiger partial charge >= 0.3 is 6.09 Å². The largest absolute Gasteiger partial charge is 0.444 e. The Morgan fingerprint density at radius 2 is 1.82 bits per heavy atom. The summed E-state index contributed by atoms with van der Waals surface area (Å²) >= 11 is 0. The van der Waals surface area contributed by atoms with Gasteiger partial charge in [0.15, 0.2) is 5.78 Å². The van der Waals surface area contributed by atoms with Crippen LogP contribution in [-0.4, -0.2) is 23.5 Å². The maximum absolute atomic E-state index is 12.2. The minimum Gasteiger partial charge on any atom is -0.444 e. The lowest BCUT2D eigenvalue weighted by Gasteiger charge is -2.23. The van der Waals surface area contributed by atoms with E-state index in [0.29, 0.717) is 18.4 Å². The van der Waals surface area contributed by atoms with Crippen LogP contribution in [0.5, 0.6) is 0 Å². The second-order valence-corrected chi connectivity index (χ2v) is 6.37. The first-order chi connectivity index (χ1) is 10.2. The fourth-order valence-corrected chi connectivity index (χ4v) is 1.97. The molecule has 1 rings (SSSR count). The standard InChI is InChI=1S/C18H25NO3/c1-13(2)16(20)15(19-17(21)22-18(3,4)5)12-11-14-9-7-6-8-10-14/h6-10,15H,1,11-12H2,2-5H3,(H,19,21). The van der Waals surface area contributed by atoms with Crippen molar-refractivity contribution in [3.63, 3.8) is 0 Å². The molecule has 0 saturated carbocycles. The number of amides is 1. The Bertz CT molecular complexity index is 529. The number of hydrogen-bond donors (Lipinski definition) is 1. The molecular weight excluding hydrogens is 278 g/mol. The minimum atomic E-state index is -0.618. The molecule has 1 aromatic carbocycles. The van der Waals surface area contributed by atoms with Gasteiger partial charge in [0, 0.05) is 0 Å². The maximum atomic E-state index is 12.2. The van der Waals surface area contributed by atoms with Crippen LogP contribution in [0.15, 0.2) is 42.5 Å². The van der Waals surface area contributed by atoms with Crippen molar-refractivity contribution in [1.29, 1.82) is 0 Å². The van der Waals surface area contributed by atoms with E-state index in [-0.39, 0.29) is 5.78 Å². The molecule has 0 saturated heterocycles. The van der Waals surface area contributed by atoms with Gasteiger partial charge in [-0.25, -0.2) is 4.79 Å². The van der Waals surface area contributed by atoms with Crippen LogP contribution in [0.3, 0.4) is 0 Å². The normalized spacial score (nSPS) is 12.4. The number of hydrogen-bond acceptors (Lipinski definition) is 3. The Balaban J connectivity index is 2.70. The topological polar surface area (TPSA) is 55.4 Å². The van der Waals surface area contributed by atoms with E-state index >= 15 is 0 Å². The fourth-order valence-electron chi connectivity index (χ4n) is 1.97. The molecule has 0 aromatic heterocycles. The van der Waals surface area contributed by atoms with E-state index in [1.807, 2.05) is 30.3 Å². The van der Waals surface area contributed by atoms with Crippen molar-refractivity contribution in [2.45, 2.75) is 52.2 Å². The lowest BCUT2D eigenvalue weighted by Crippen LogP contribution is -2.44. The first kappa shape index (κ1) is 18.0. The Morgan fingerprint density at radius 1 is 1.23 bits per heavy atom. The number of carbonyl (C=O) groups excluding carboxylic acids is 2. The Hall–Kier alpha value is -2.10. The van der Waals surface area contributed by atoms with Crippen molar-refractivity contribution in [1.82, 2.24) is 5.32 Å². The number of ketones is 1. The number of ether oxygens (including phenoxy) is 1. The highest BCUT2D eigenvalue weighted by atomic mass is 16.6. The van der Waals surface area contributed by atoms with E-state index in [1.165, 1.54) is 0 Å². The zero-order valence-electron chi connectivity index (χ0n) is 13.8. The number of Topliss-reactive ketones (excluding diaryl/α,β-unsaturated/α-hetero) is 1. The van der Waals surface area contributed by atoms with Gasteiger partial charge in [-0.15, -0.1) is 0 Å². The van der Waals surface area contributed by atoms with Gasteiger partial charge in [0.25, 0.3) is 0 Å². The molecule has 0 aliphatic heterocycles. The van der Waals surface area contributed by atoms with Crippen LogP contribution in [0.4, 0.5) is 4.79 Å². The predicted octanol–water partition coefficient (Wildman–Crippen LogP) is 3.66. The summed E-state index contributed by atoms with van der Waals surface area (Å²) in [6.45, 7) is 10.7. The van der Waals surface area contributed by atoms with E-state index in [2.05, 4.69) is 11.9 Å². The summed E-state index contributed by atoms with van der Waals surface area (Å²) < 4.78 is 5.22. The van der Waals surface area contributed by atoms with Crippen molar-refractivity contribution in [3.8, 4) is 0 Å². The maximum Gasteiger partial charge on any atom is 0.408 e. The van der Waals surface area contributed by atoms with Crippen molar-refractivity contribution < 1.29 is 14.3 Å². The number of aryl methyl sites for hydroxylation is 1. The summed E-state index contributed by atoms with van der Waals surface area (Å²) in [6, 6.07) is 9.22. The van der Waals surface area contributed by atoms with Crippen LogP contribution in [-0.2, 0) is 16.0 Å². The van der Waals surface area contributed by atoms with Gasteiger partial charge in [-0.05, 0) is 51.7 Å². The van der Waals surface area contributed by atoms with Crippen molar-refractivity contribution in [2.75, 3.05) is 0 Å². The number of nitrogens with one attached hydrogen (secondary N) is 1. The summed E-state index contributed by atoms with van der Waals surface area (Å²) in [4.78, 5) is 24.1. The SMILES string of the molecule is C=C(C)C(=O)C(CCc1ccccc1)NC(=O)OC(C)(C)C. The van der Waals surface area contributed by atoms with Gasteiger partial charge in [-0.2, -0.15) is 0 Å². The minimum absolute atomic E-state index is 0.165. The number of carbonyl (C=O) groups is 2. The highest BCUT2D eigenvalue weighted by molar-refractivity contribution is 5.99. The molecule has 0 radical (unpaired) electrons. The van der Waals surface area contributed by atoms with Crippen molar-refractivity contribution >= 4 is 11.9 Å². The van der Waals surface area contributed by atoms with Crippen LogP contribution >= 0.6 is 0 Å². The van der Waals surface area contributed by atoms with Crippen LogP contribution < -0.4 is 5.32 Å². The van der Waals surface area contributed by atoms with Gasteiger partial charge < -0.3 is 10.1 Å². The highest BCUT2D eigenvalue weighted by Crippen LogP contribution is 2.11. The molecule has 4 nitrogen and oxygen atoms in total. The first-order valence-corrected chi connectivity index (χ1v) is 7.42. The highest BCUT2D eigenvalue weighted by Gasteiger charge is 2.24. The molecule has 1 N–H and O–H groups in total. The van der Waals surface area contributed by atoms with Crippen LogP contribution in [0, 0.1) is 0 Å². The second-order valence-electron chi connectivity index (χ2n) is 6.37. The molecule has 1 atom stereocenters. The lowest BCUT2D eigenvalue weighted by molar-refractivity contribution is -0.117. The molecule has 1 amide bonds. The third kappa shape index (κ3) is 6.57. The third-order valence-corrected chi connectivity index (χ3v) is 2.99. The summed E-state index contributed by atoms with van der Waals surface area (Å²) in [6.07, 6.45) is 0.620. The molecule has 1 unspecified atom stereocenters. The van der Waals surface area contributed by atoms with Crippen molar-refractivity contribution in [2.24, 2.45) is 0 Å². The Kier molecular flexibility index (Phi) is 6.35. The number of benzene rings is 1. The van der Waals surface area contributed by atoms with Crippen LogP contribution in [0.1, 0.15) is 39.7 Å². The van der Waals surface area contributed by atoms with Gasteiger partial charge in [-0.1, -0.05) is 36.9 Å². The zero-order chi connectivity index (χ0) is 16.8. The average Bonchev–Trinajstić information content (AvgIpc) is 2.41. The molecule has 0 spiro atoms. The van der Waals surface area contributed by atoms with Crippen LogP contribution in [0.2, 0.25) is 0 Å². The Morgan fingerprint density at radius 3 is 2.32 bits per heavy atom. The first-order valence-electron chi connectivity index (χ1n) is 7.42. The second kappa shape index (κ2) is 7.78. The molecule has 1 aromatic rings. The van der Waals surface area contributed by atoms with Gasteiger partial charge in [0.05, 0.1) is 6.04 Å². The molecule has 0 aliphatic rings. The quantitative estimate of drug-likeness (QED) is 0.816. The molecule has 0 heterocycles. The lowest BCUT2D eigenvalue weighted by atomic mass is 9.99. The number of alkyl carbamates (subject to hydrolysis) is 1. The fraction of sp³-hybridized carbons (Fsp3) is 0.444. The summed E-state index contributed by atoms with van der Waals surface area (Å²) in [7, 11) is 0. The molecule has 22 heavy (non-hydrogen) atoms. The van der Waals surface area contributed by atoms with E-state index in [1.54, 1.807) is 27.7 Å². The summed E-state index contributed by atoms with van der Waals surface area (Å²) in [5.41, 5.74) is 0.947. The van der Waals surface area contributed by atoms with E-state index in [0.717, 1.165) is 5.56 Å². The average molecular weight is 303 g/mol. The van der Waals surface area contributed by atoms with Gasteiger partial charge in [0.1, 0.15) is 5.60 Å². The van der Waals surface area contributed by atoms with E-state index in [9.17, 15) is 9.59 Å².